The molecule has 0 bridgehead atoms. The lowest BCUT2D eigenvalue weighted by molar-refractivity contribution is 0.0203. The first-order valence-electron chi connectivity index (χ1n) is 10.1. The molecule has 0 aromatic carbocycles. The molecule has 2 aliphatic rings. The van der Waals surface area contributed by atoms with Gasteiger partial charge in [0.25, 0.3) is 0 Å². The van der Waals surface area contributed by atoms with Crippen molar-refractivity contribution in [2.75, 3.05) is 59.3 Å². The average molecular weight is 356 g/mol. The lowest BCUT2D eigenvalue weighted by Gasteiger charge is -2.21. The Kier molecular flexibility index (Phi) is 10.9. The van der Waals surface area contributed by atoms with Crippen LogP contribution in [0, 0.1) is 11.8 Å². The molecule has 1 saturated heterocycles. The SMILES string of the molecule is CCNC(=NCCCOCC1CC1)NCCCOCC1CCOCC1. The topological polar surface area (TPSA) is 64.1 Å². The van der Waals surface area contributed by atoms with Gasteiger partial charge in [-0.25, -0.2) is 0 Å². The van der Waals surface area contributed by atoms with E-state index >= 15 is 0 Å². The van der Waals surface area contributed by atoms with Crippen molar-refractivity contribution in [2.45, 2.75) is 45.4 Å². The van der Waals surface area contributed by atoms with Crippen LogP contribution in [0.4, 0.5) is 0 Å². The van der Waals surface area contributed by atoms with Crippen LogP contribution in [0.1, 0.15) is 45.4 Å². The fourth-order valence-electron chi connectivity index (χ4n) is 2.78. The molecule has 6 heteroatoms. The van der Waals surface area contributed by atoms with Gasteiger partial charge in [-0.15, -0.1) is 0 Å². The Morgan fingerprint density at radius 2 is 1.64 bits per heavy atom. The van der Waals surface area contributed by atoms with Gasteiger partial charge in [0.15, 0.2) is 5.96 Å². The second-order valence-corrected chi connectivity index (χ2v) is 7.04. The quantitative estimate of drug-likeness (QED) is 0.301. The first kappa shape index (κ1) is 20.5. The number of ether oxygens (including phenoxy) is 3. The highest BCUT2D eigenvalue weighted by atomic mass is 16.5. The van der Waals surface area contributed by atoms with Crippen molar-refractivity contribution in [3.8, 4) is 0 Å². The van der Waals surface area contributed by atoms with E-state index in [-0.39, 0.29) is 0 Å². The molecule has 0 aromatic heterocycles. The molecule has 0 radical (unpaired) electrons. The van der Waals surface area contributed by atoms with Gasteiger partial charge >= 0.3 is 0 Å². The minimum absolute atomic E-state index is 0.683. The number of nitrogens with zero attached hydrogens (tertiary/aromatic N) is 1. The monoisotopic (exact) mass is 355 g/mol. The maximum Gasteiger partial charge on any atom is 0.191 e. The van der Waals surface area contributed by atoms with Gasteiger partial charge in [0.05, 0.1) is 0 Å². The molecule has 1 saturated carbocycles. The highest BCUT2D eigenvalue weighted by Gasteiger charge is 2.20. The van der Waals surface area contributed by atoms with Crippen molar-refractivity contribution in [3.05, 3.63) is 0 Å². The van der Waals surface area contributed by atoms with E-state index in [1.54, 1.807) is 0 Å². The molecule has 1 aliphatic heterocycles. The van der Waals surface area contributed by atoms with Gasteiger partial charge in [-0.3, -0.25) is 4.99 Å². The number of hydrogen-bond donors (Lipinski definition) is 2. The second-order valence-electron chi connectivity index (χ2n) is 7.04. The molecule has 0 spiro atoms. The lowest BCUT2D eigenvalue weighted by atomic mass is 10.0. The molecule has 2 fully saturated rings. The van der Waals surface area contributed by atoms with E-state index in [9.17, 15) is 0 Å². The Morgan fingerprint density at radius 3 is 2.32 bits per heavy atom. The van der Waals surface area contributed by atoms with E-state index in [4.69, 9.17) is 14.2 Å². The van der Waals surface area contributed by atoms with E-state index in [1.807, 2.05) is 0 Å². The summed E-state index contributed by atoms with van der Waals surface area (Å²) in [6.07, 6.45) is 6.96. The number of rotatable bonds is 13. The van der Waals surface area contributed by atoms with Gasteiger partial charge in [-0.05, 0) is 57.3 Å². The maximum absolute atomic E-state index is 5.79. The van der Waals surface area contributed by atoms with E-state index in [2.05, 4.69) is 22.5 Å². The average Bonchev–Trinajstić information content (AvgIpc) is 3.46. The molecule has 6 nitrogen and oxygen atoms in total. The Bertz CT molecular complexity index is 356. The van der Waals surface area contributed by atoms with Gasteiger partial charge in [-0.2, -0.15) is 0 Å². The van der Waals surface area contributed by atoms with Crippen LogP contribution in [0.15, 0.2) is 4.99 Å². The highest BCUT2D eigenvalue weighted by Crippen LogP contribution is 2.28. The van der Waals surface area contributed by atoms with E-state index in [0.717, 1.165) is 96.8 Å². The molecule has 0 aromatic rings. The minimum atomic E-state index is 0.683. The van der Waals surface area contributed by atoms with Crippen molar-refractivity contribution < 1.29 is 14.2 Å². The lowest BCUT2D eigenvalue weighted by Crippen LogP contribution is -2.38. The first-order chi connectivity index (χ1) is 12.4. The van der Waals surface area contributed by atoms with Gasteiger partial charge in [0.2, 0.25) is 0 Å². The van der Waals surface area contributed by atoms with Crippen molar-refractivity contribution in [1.82, 2.24) is 10.6 Å². The van der Waals surface area contributed by atoms with Crippen LogP contribution in [0.2, 0.25) is 0 Å². The zero-order chi connectivity index (χ0) is 17.6. The van der Waals surface area contributed by atoms with Gasteiger partial charge in [0, 0.05) is 59.3 Å². The van der Waals surface area contributed by atoms with Crippen LogP contribution in [-0.4, -0.2) is 65.2 Å². The van der Waals surface area contributed by atoms with E-state index in [1.165, 1.54) is 12.8 Å². The van der Waals surface area contributed by atoms with E-state index < -0.39 is 0 Å². The molecule has 2 N–H and O–H groups in total. The highest BCUT2D eigenvalue weighted by molar-refractivity contribution is 5.79. The zero-order valence-corrected chi connectivity index (χ0v) is 15.9. The Labute approximate surface area is 153 Å². The van der Waals surface area contributed by atoms with Crippen LogP contribution in [0.25, 0.3) is 0 Å². The molecule has 1 heterocycles. The third-order valence-corrected chi connectivity index (χ3v) is 4.56. The molecular weight excluding hydrogens is 318 g/mol. The predicted octanol–water partition coefficient (Wildman–Crippen LogP) is 2.19. The normalized spacial score (nSPS) is 19.2. The standard InChI is InChI=1S/C19H37N3O3/c1-2-20-19(21-9-3-11-24-15-17-5-6-17)22-10-4-12-25-16-18-7-13-23-14-8-18/h17-18H,2-16H2,1H3,(H2,20,21,22). The molecule has 0 unspecified atom stereocenters. The molecule has 1 aliphatic carbocycles. The van der Waals surface area contributed by atoms with Crippen LogP contribution in [0.5, 0.6) is 0 Å². The maximum atomic E-state index is 5.79. The summed E-state index contributed by atoms with van der Waals surface area (Å²) in [6.45, 7) is 9.88. The van der Waals surface area contributed by atoms with Crippen molar-refractivity contribution >= 4 is 5.96 Å². The molecular formula is C19H37N3O3. The van der Waals surface area contributed by atoms with Gasteiger partial charge in [-0.1, -0.05) is 0 Å². The summed E-state index contributed by atoms with van der Waals surface area (Å²) in [6, 6.07) is 0. The Hall–Kier alpha value is -0.850. The number of guanidine groups is 1. The largest absolute Gasteiger partial charge is 0.381 e. The molecule has 25 heavy (non-hydrogen) atoms. The molecule has 146 valence electrons. The van der Waals surface area contributed by atoms with Crippen molar-refractivity contribution in [2.24, 2.45) is 16.8 Å². The first-order valence-corrected chi connectivity index (χ1v) is 10.1. The predicted molar refractivity (Wildman–Crippen MR) is 101 cm³/mol. The van der Waals surface area contributed by atoms with Gasteiger partial charge in [0.1, 0.15) is 0 Å². The van der Waals surface area contributed by atoms with Crippen LogP contribution in [-0.2, 0) is 14.2 Å². The van der Waals surface area contributed by atoms with Crippen molar-refractivity contribution in [1.29, 1.82) is 0 Å². The second kappa shape index (κ2) is 13.4. The fraction of sp³-hybridized carbons (Fsp3) is 0.947. The Morgan fingerprint density at radius 1 is 0.960 bits per heavy atom. The van der Waals surface area contributed by atoms with Crippen LogP contribution >= 0.6 is 0 Å². The number of aliphatic imine (C=N–C) groups is 1. The van der Waals surface area contributed by atoms with Crippen molar-refractivity contribution in [3.63, 3.8) is 0 Å². The Balaban J connectivity index is 1.44. The minimum Gasteiger partial charge on any atom is -0.381 e. The van der Waals surface area contributed by atoms with Crippen LogP contribution in [0.3, 0.4) is 0 Å². The summed E-state index contributed by atoms with van der Waals surface area (Å²) in [4.78, 5) is 4.60. The summed E-state index contributed by atoms with van der Waals surface area (Å²) < 4.78 is 16.8. The molecule has 0 atom stereocenters. The fourth-order valence-corrected chi connectivity index (χ4v) is 2.78. The summed E-state index contributed by atoms with van der Waals surface area (Å²) in [5.41, 5.74) is 0. The van der Waals surface area contributed by atoms with Crippen LogP contribution < -0.4 is 10.6 Å². The smallest absolute Gasteiger partial charge is 0.191 e. The van der Waals surface area contributed by atoms with Gasteiger partial charge < -0.3 is 24.8 Å². The number of nitrogens with one attached hydrogen (secondary N) is 2. The number of hydrogen-bond acceptors (Lipinski definition) is 4. The van der Waals surface area contributed by atoms with E-state index in [0.29, 0.717) is 5.92 Å². The third-order valence-electron chi connectivity index (χ3n) is 4.56. The molecule has 0 amide bonds. The molecule has 2 rings (SSSR count). The summed E-state index contributed by atoms with van der Waals surface area (Å²) in [5, 5.41) is 6.66. The third kappa shape index (κ3) is 10.7. The summed E-state index contributed by atoms with van der Waals surface area (Å²) in [5.74, 6) is 2.42. The summed E-state index contributed by atoms with van der Waals surface area (Å²) in [7, 11) is 0. The zero-order valence-electron chi connectivity index (χ0n) is 15.9. The summed E-state index contributed by atoms with van der Waals surface area (Å²) >= 11 is 0.